The number of hydrogen-bond acceptors (Lipinski definition) is 5. The number of rotatable bonds is 9. The van der Waals surface area contributed by atoms with Crippen LogP contribution in [0.5, 0.6) is 0 Å². The van der Waals surface area contributed by atoms with Crippen LogP contribution in [0.15, 0.2) is 24.5 Å². The van der Waals surface area contributed by atoms with E-state index in [1.165, 1.54) is 0 Å². The van der Waals surface area contributed by atoms with Gasteiger partial charge in [-0.3, -0.25) is 14.6 Å². The summed E-state index contributed by atoms with van der Waals surface area (Å²) >= 11 is 0. The Hall–Kier alpha value is -2.96. The predicted molar refractivity (Wildman–Crippen MR) is 119 cm³/mol. The lowest BCUT2D eigenvalue weighted by Crippen LogP contribution is -2.45. The maximum Gasteiger partial charge on any atom is 0.355 e. The van der Waals surface area contributed by atoms with Crippen LogP contribution < -0.4 is 0 Å². The monoisotopic (exact) mass is 427 g/mol. The molecule has 0 N–H and O–H groups in total. The number of amides is 1. The summed E-state index contributed by atoms with van der Waals surface area (Å²) in [6.07, 6.45) is 3.37. The molecular formula is C24H33N3O4. The van der Waals surface area contributed by atoms with Crippen molar-refractivity contribution >= 4 is 17.7 Å². The summed E-state index contributed by atoms with van der Waals surface area (Å²) in [7, 11) is 0. The zero-order valence-electron chi connectivity index (χ0n) is 19.6. The molecule has 1 atom stereocenters. The maximum atomic E-state index is 13.6. The second-order valence-corrected chi connectivity index (χ2v) is 7.92. The molecule has 0 fully saturated rings. The summed E-state index contributed by atoms with van der Waals surface area (Å²) in [5.74, 6) is -1.00. The molecule has 168 valence electrons. The van der Waals surface area contributed by atoms with Crippen LogP contribution in [-0.4, -0.2) is 44.8 Å². The Morgan fingerprint density at radius 3 is 2.35 bits per heavy atom. The van der Waals surface area contributed by atoms with Crippen molar-refractivity contribution in [3.05, 3.63) is 52.6 Å². The van der Waals surface area contributed by atoms with E-state index in [9.17, 15) is 14.4 Å². The summed E-state index contributed by atoms with van der Waals surface area (Å²) < 4.78 is 7.02. The van der Waals surface area contributed by atoms with Crippen molar-refractivity contribution in [2.45, 2.75) is 67.6 Å². The highest BCUT2D eigenvalue weighted by Crippen LogP contribution is 2.26. The van der Waals surface area contributed by atoms with Gasteiger partial charge in [-0.15, -0.1) is 0 Å². The van der Waals surface area contributed by atoms with Gasteiger partial charge in [-0.25, -0.2) is 4.79 Å². The van der Waals surface area contributed by atoms with Crippen LogP contribution in [0.3, 0.4) is 0 Å². The Balaban J connectivity index is 2.49. The molecule has 2 aromatic rings. The zero-order chi connectivity index (χ0) is 23.3. The maximum absolute atomic E-state index is 13.6. The van der Waals surface area contributed by atoms with E-state index in [1.54, 1.807) is 44.1 Å². The van der Waals surface area contributed by atoms with Crippen molar-refractivity contribution in [2.24, 2.45) is 5.92 Å². The van der Waals surface area contributed by atoms with E-state index in [0.29, 0.717) is 29.1 Å². The molecule has 0 bridgehead atoms. The second-order valence-electron chi connectivity index (χ2n) is 7.92. The summed E-state index contributed by atoms with van der Waals surface area (Å²) in [4.78, 5) is 44.9. The first-order valence-corrected chi connectivity index (χ1v) is 10.8. The standard InChI is InChI=1S/C24H33N3O4/c1-8-26-17(6)20(16(5)21(26)24(30)31-9-2)22(28)18(7)27(23(29)15(3)4)14-19-11-10-12-25-13-19/h10-13,15,18H,8-9,14H2,1-7H3. The van der Waals surface area contributed by atoms with Crippen molar-refractivity contribution in [2.75, 3.05) is 6.61 Å². The fraction of sp³-hybridized carbons (Fsp3) is 0.500. The molecule has 7 heteroatoms. The first kappa shape index (κ1) is 24.3. The van der Waals surface area contributed by atoms with Crippen LogP contribution >= 0.6 is 0 Å². The molecule has 7 nitrogen and oxygen atoms in total. The second kappa shape index (κ2) is 10.4. The Kier molecular flexibility index (Phi) is 8.14. The van der Waals surface area contributed by atoms with Gasteiger partial charge in [0, 0.05) is 42.7 Å². The highest BCUT2D eigenvalue weighted by Gasteiger charge is 2.33. The summed E-state index contributed by atoms with van der Waals surface area (Å²) in [6, 6.07) is 2.99. The lowest BCUT2D eigenvalue weighted by Gasteiger charge is -2.30. The van der Waals surface area contributed by atoms with Gasteiger partial charge >= 0.3 is 5.97 Å². The number of esters is 1. The van der Waals surface area contributed by atoms with Crippen LogP contribution in [0.1, 0.15) is 72.3 Å². The van der Waals surface area contributed by atoms with Crippen LogP contribution in [0.25, 0.3) is 0 Å². The minimum Gasteiger partial charge on any atom is -0.461 e. The third-order valence-electron chi connectivity index (χ3n) is 5.50. The molecule has 2 heterocycles. The summed E-state index contributed by atoms with van der Waals surface area (Å²) in [5.41, 5.74) is 3.02. The third kappa shape index (κ3) is 5.03. The van der Waals surface area contributed by atoms with E-state index >= 15 is 0 Å². The first-order chi connectivity index (χ1) is 14.6. The Labute approximate surface area is 184 Å². The van der Waals surface area contributed by atoms with Gasteiger partial charge in [0.05, 0.1) is 12.6 Å². The highest BCUT2D eigenvalue weighted by atomic mass is 16.5. The number of Topliss-reactive ketones (excluding diaryl/α,β-unsaturated/α-hetero) is 1. The number of hydrogen-bond donors (Lipinski definition) is 0. The largest absolute Gasteiger partial charge is 0.461 e. The first-order valence-electron chi connectivity index (χ1n) is 10.8. The topological polar surface area (TPSA) is 81.5 Å². The van der Waals surface area contributed by atoms with Crippen molar-refractivity contribution in [3.8, 4) is 0 Å². The van der Waals surface area contributed by atoms with E-state index in [0.717, 1.165) is 5.56 Å². The Morgan fingerprint density at radius 1 is 1.16 bits per heavy atom. The van der Waals surface area contributed by atoms with Crippen molar-refractivity contribution < 1.29 is 19.1 Å². The molecule has 0 aliphatic rings. The fourth-order valence-electron chi connectivity index (χ4n) is 3.89. The molecular weight excluding hydrogens is 394 g/mol. The Bertz CT molecular complexity index is 947. The number of pyridine rings is 1. The van der Waals surface area contributed by atoms with Crippen molar-refractivity contribution in [1.29, 1.82) is 0 Å². The number of nitrogens with zero attached hydrogens (tertiary/aromatic N) is 3. The van der Waals surface area contributed by atoms with Crippen LogP contribution in [0.2, 0.25) is 0 Å². The van der Waals surface area contributed by atoms with Gasteiger partial charge in [0.2, 0.25) is 5.91 Å². The van der Waals surface area contributed by atoms with Gasteiger partial charge in [-0.05, 0) is 51.8 Å². The van der Waals surface area contributed by atoms with Gasteiger partial charge in [0.25, 0.3) is 0 Å². The van der Waals surface area contributed by atoms with Crippen LogP contribution in [0.4, 0.5) is 0 Å². The lowest BCUT2D eigenvalue weighted by molar-refractivity contribution is -0.136. The molecule has 1 unspecified atom stereocenters. The molecule has 0 radical (unpaired) electrons. The smallest absolute Gasteiger partial charge is 0.355 e. The molecule has 0 aromatic carbocycles. The van der Waals surface area contributed by atoms with Crippen molar-refractivity contribution in [1.82, 2.24) is 14.5 Å². The van der Waals surface area contributed by atoms with E-state index < -0.39 is 12.0 Å². The molecule has 0 saturated heterocycles. The van der Waals surface area contributed by atoms with Gasteiger partial charge in [-0.2, -0.15) is 0 Å². The fourth-order valence-corrected chi connectivity index (χ4v) is 3.89. The number of carbonyl (C=O) groups excluding carboxylic acids is 3. The molecule has 0 saturated carbocycles. The number of ether oxygens (including phenoxy) is 1. The quantitative estimate of drug-likeness (QED) is 0.447. The van der Waals surface area contributed by atoms with Crippen molar-refractivity contribution in [3.63, 3.8) is 0 Å². The molecule has 1 amide bonds. The zero-order valence-corrected chi connectivity index (χ0v) is 19.6. The number of ketones is 1. The average Bonchev–Trinajstić information content (AvgIpc) is 3.00. The highest BCUT2D eigenvalue weighted by molar-refractivity contribution is 6.06. The van der Waals surface area contributed by atoms with Gasteiger partial charge < -0.3 is 14.2 Å². The van der Waals surface area contributed by atoms with Crippen LogP contribution in [0, 0.1) is 19.8 Å². The van der Waals surface area contributed by atoms with E-state index in [1.807, 2.05) is 38.3 Å². The Morgan fingerprint density at radius 2 is 1.84 bits per heavy atom. The average molecular weight is 428 g/mol. The van der Waals surface area contributed by atoms with E-state index in [4.69, 9.17) is 4.74 Å². The number of aromatic nitrogens is 2. The van der Waals surface area contributed by atoms with Crippen LogP contribution in [-0.2, 0) is 22.6 Å². The normalized spacial score (nSPS) is 12.0. The third-order valence-corrected chi connectivity index (χ3v) is 5.50. The molecule has 2 rings (SSSR count). The molecule has 31 heavy (non-hydrogen) atoms. The minimum absolute atomic E-state index is 0.111. The lowest BCUT2D eigenvalue weighted by atomic mass is 9.98. The van der Waals surface area contributed by atoms with Gasteiger partial charge in [0.15, 0.2) is 5.78 Å². The van der Waals surface area contributed by atoms with Gasteiger partial charge in [0.1, 0.15) is 5.69 Å². The molecule has 2 aromatic heterocycles. The van der Waals surface area contributed by atoms with E-state index in [2.05, 4.69) is 4.98 Å². The minimum atomic E-state index is -0.699. The van der Waals surface area contributed by atoms with E-state index in [-0.39, 0.29) is 30.8 Å². The molecule has 0 aliphatic heterocycles. The van der Waals surface area contributed by atoms with Gasteiger partial charge in [-0.1, -0.05) is 19.9 Å². The molecule has 0 aliphatic carbocycles. The predicted octanol–water partition coefficient (Wildman–Crippen LogP) is 3.95. The molecule has 0 spiro atoms. The summed E-state index contributed by atoms with van der Waals surface area (Å²) in [6.45, 7) is 13.7. The SMILES string of the molecule is CCOC(=O)c1c(C)c(C(=O)C(C)N(Cc2cccnc2)C(=O)C(C)C)c(C)n1CC. The number of carbonyl (C=O) groups is 3. The summed E-state index contributed by atoms with van der Waals surface area (Å²) in [5, 5.41) is 0.